The zero-order chi connectivity index (χ0) is 22.2. The van der Waals surface area contributed by atoms with Gasteiger partial charge in [0.1, 0.15) is 35.8 Å². The standard InChI is InChI=1S/C18H16ClN5O6S/c19-11-3-1-2-10(6-11)4-5-12-14-17(22-8-21-12)24(9-23-14)18-16(26)15(25)13(30-18)7-29-31(20,27)28/h1-3,6,8-9,13,15-16,18,25-26H,7H2,(H2,20,27,28)/t13-,15-,16-,18-/m1/s1. The van der Waals surface area contributed by atoms with E-state index in [1.165, 1.54) is 17.2 Å². The van der Waals surface area contributed by atoms with E-state index >= 15 is 0 Å². The van der Waals surface area contributed by atoms with Crippen molar-refractivity contribution in [2.24, 2.45) is 5.14 Å². The normalized spacial score (nSPS) is 23.6. The second-order valence-electron chi connectivity index (χ2n) is 6.63. The van der Waals surface area contributed by atoms with Gasteiger partial charge >= 0.3 is 10.3 Å². The molecule has 162 valence electrons. The second kappa shape index (κ2) is 8.48. The second-order valence-corrected chi connectivity index (χ2v) is 8.29. The molecule has 0 unspecified atom stereocenters. The van der Waals surface area contributed by atoms with Crippen LogP contribution in [0.1, 0.15) is 17.5 Å². The Balaban J connectivity index is 1.62. The fourth-order valence-electron chi connectivity index (χ4n) is 3.09. The Morgan fingerprint density at radius 3 is 2.77 bits per heavy atom. The van der Waals surface area contributed by atoms with Gasteiger partial charge in [0.05, 0.1) is 12.9 Å². The summed E-state index contributed by atoms with van der Waals surface area (Å²) >= 11 is 5.97. The quantitative estimate of drug-likeness (QED) is 0.439. The minimum absolute atomic E-state index is 0.301. The van der Waals surface area contributed by atoms with Gasteiger partial charge in [-0.05, 0) is 24.1 Å². The zero-order valence-electron chi connectivity index (χ0n) is 15.7. The van der Waals surface area contributed by atoms with Crippen molar-refractivity contribution in [3.05, 3.63) is 53.2 Å². The number of fused-ring (bicyclic) bond motifs is 1. The summed E-state index contributed by atoms with van der Waals surface area (Å²) in [5.74, 6) is 5.86. The number of ether oxygens (including phenoxy) is 1. The Labute approximate surface area is 181 Å². The summed E-state index contributed by atoms with van der Waals surface area (Å²) in [4.78, 5) is 12.6. The molecule has 31 heavy (non-hydrogen) atoms. The van der Waals surface area contributed by atoms with E-state index in [0.717, 1.165) is 0 Å². The highest BCUT2D eigenvalue weighted by Crippen LogP contribution is 2.31. The largest absolute Gasteiger partial charge is 0.387 e. The van der Waals surface area contributed by atoms with Crippen LogP contribution in [0.2, 0.25) is 5.02 Å². The number of imidazole rings is 1. The van der Waals surface area contributed by atoms with Gasteiger partial charge < -0.3 is 14.9 Å². The molecule has 4 N–H and O–H groups in total. The molecule has 1 saturated heterocycles. The van der Waals surface area contributed by atoms with Crippen LogP contribution in [0.4, 0.5) is 0 Å². The number of aliphatic hydroxyl groups excluding tert-OH is 2. The fraction of sp³-hybridized carbons (Fsp3) is 0.278. The van der Waals surface area contributed by atoms with E-state index in [1.54, 1.807) is 24.3 Å². The molecule has 11 nitrogen and oxygen atoms in total. The summed E-state index contributed by atoms with van der Waals surface area (Å²) in [6.45, 7) is -0.564. The van der Waals surface area contributed by atoms with Crippen molar-refractivity contribution in [2.45, 2.75) is 24.5 Å². The topological polar surface area (TPSA) is 163 Å². The van der Waals surface area contributed by atoms with Crippen LogP contribution < -0.4 is 5.14 Å². The molecule has 0 amide bonds. The molecule has 0 bridgehead atoms. The third kappa shape index (κ3) is 4.68. The Bertz CT molecular complexity index is 1290. The minimum atomic E-state index is -4.23. The SMILES string of the molecule is NS(=O)(=O)OC[C@H]1O[C@@H](n2cnc3c(C#Cc4cccc(Cl)c4)ncnc32)[C@H](O)[C@@H]1O. The number of aliphatic hydroxyl groups is 2. The van der Waals surface area contributed by atoms with Gasteiger partial charge in [0, 0.05) is 10.6 Å². The summed E-state index contributed by atoms with van der Waals surface area (Å²) in [7, 11) is -4.23. The van der Waals surface area contributed by atoms with Crippen LogP contribution in [-0.2, 0) is 19.2 Å². The van der Waals surface area contributed by atoms with Crippen molar-refractivity contribution in [1.29, 1.82) is 0 Å². The number of aromatic nitrogens is 4. The molecule has 0 radical (unpaired) electrons. The number of rotatable bonds is 4. The minimum Gasteiger partial charge on any atom is -0.387 e. The maximum absolute atomic E-state index is 11.0. The third-order valence-corrected chi connectivity index (χ3v) is 5.22. The van der Waals surface area contributed by atoms with E-state index in [0.29, 0.717) is 27.4 Å². The third-order valence-electron chi connectivity index (χ3n) is 4.52. The maximum Gasteiger partial charge on any atom is 0.333 e. The van der Waals surface area contributed by atoms with Crippen LogP contribution in [0.25, 0.3) is 11.2 Å². The molecule has 1 fully saturated rings. The lowest BCUT2D eigenvalue weighted by atomic mass is 10.1. The molecule has 1 aliphatic rings. The monoisotopic (exact) mass is 465 g/mol. The number of hydrogen-bond donors (Lipinski definition) is 3. The molecule has 3 aromatic rings. The van der Waals surface area contributed by atoms with Crippen LogP contribution in [0.15, 0.2) is 36.9 Å². The van der Waals surface area contributed by atoms with Gasteiger partial charge in [-0.1, -0.05) is 23.6 Å². The zero-order valence-corrected chi connectivity index (χ0v) is 17.2. The van der Waals surface area contributed by atoms with Gasteiger partial charge in [-0.3, -0.25) is 8.75 Å². The number of hydrogen-bond acceptors (Lipinski definition) is 9. The summed E-state index contributed by atoms with van der Waals surface area (Å²) in [5.41, 5.74) is 1.68. The van der Waals surface area contributed by atoms with Crippen molar-refractivity contribution >= 4 is 33.1 Å². The van der Waals surface area contributed by atoms with Crippen molar-refractivity contribution < 1.29 is 27.6 Å². The summed E-state index contributed by atoms with van der Waals surface area (Å²) < 4.78 is 33.4. The van der Waals surface area contributed by atoms with Crippen molar-refractivity contribution in [3.8, 4) is 11.8 Å². The lowest BCUT2D eigenvalue weighted by Crippen LogP contribution is -2.35. The molecule has 2 aromatic heterocycles. The molecule has 3 heterocycles. The molecular weight excluding hydrogens is 450 g/mol. The average molecular weight is 466 g/mol. The number of nitrogens with two attached hydrogens (primary N) is 1. The first-order valence-electron chi connectivity index (χ1n) is 8.87. The molecule has 4 rings (SSSR count). The van der Waals surface area contributed by atoms with Crippen LogP contribution in [0.3, 0.4) is 0 Å². The molecular formula is C18H16ClN5O6S. The summed E-state index contributed by atoms with van der Waals surface area (Å²) in [6, 6.07) is 7.01. The number of benzene rings is 1. The van der Waals surface area contributed by atoms with Gasteiger partial charge in [-0.15, -0.1) is 0 Å². The van der Waals surface area contributed by atoms with E-state index in [4.69, 9.17) is 21.5 Å². The predicted octanol–water partition coefficient (Wildman–Crippen LogP) is -0.281. The molecule has 0 aliphatic carbocycles. The van der Waals surface area contributed by atoms with Gasteiger partial charge in [0.25, 0.3) is 0 Å². The lowest BCUT2D eigenvalue weighted by molar-refractivity contribution is -0.0467. The maximum atomic E-state index is 11.0. The molecule has 4 atom stereocenters. The van der Waals surface area contributed by atoms with Crippen LogP contribution in [0.5, 0.6) is 0 Å². The highest BCUT2D eigenvalue weighted by molar-refractivity contribution is 7.84. The van der Waals surface area contributed by atoms with Gasteiger partial charge in [0.15, 0.2) is 11.9 Å². The van der Waals surface area contributed by atoms with E-state index in [2.05, 4.69) is 31.0 Å². The van der Waals surface area contributed by atoms with E-state index in [1.807, 2.05) is 0 Å². The van der Waals surface area contributed by atoms with Crippen molar-refractivity contribution in [3.63, 3.8) is 0 Å². The highest BCUT2D eigenvalue weighted by Gasteiger charge is 2.44. The smallest absolute Gasteiger partial charge is 0.333 e. The van der Waals surface area contributed by atoms with E-state index < -0.39 is 41.5 Å². The van der Waals surface area contributed by atoms with E-state index in [-0.39, 0.29) is 0 Å². The summed E-state index contributed by atoms with van der Waals surface area (Å²) in [5, 5.41) is 25.9. The molecule has 1 aliphatic heterocycles. The van der Waals surface area contributed by atoms with Crippen molar-refractivity contribution in [2.75, 3.05) is 6.61 Å². The summed E-state index contributed by atoms with van der Waals surface area (Å²) in [6.07, 6.45) is -2.43. The van der Waals surface area contributed by atoms with Crippen LogP contribution >= 0.6 is 11.6 Å². The Morgan fingerprint density at radius 2 is 2.03 bits per heavy atom. The number of halogens is 1. The Hall–Kier alpha value is -2.63. The fourth-order valence-corrected chi connectivity index (χ4v) is 3.60. The molecule has 1 aromatic carbocycles. The first-order chi connectivity index (χ1) is 14.7. The van der Waals surface area contributed by atoms with Crippen LogP contribution in [0, 0.1) is 11.8 Å². The molecule has 0 spiro atoms. The number of nitrogens with zero attached hydrogens (tertiary/aromatic N) is 4. The Kier molecular flexibility index (Phi) is 5.91. The first kappa shape index (κ1) is 21.6. The highest BCUT2D eigenvalue weighted by atomic mass is 35.5. The van der Waals surface area contributed by atoms with Gasteiger partial charge in [-0.25, -0.2) is 20.1 Å². The van der Waals surface area contributed by atoms with Gasteiger partial charge in [-0.2, -0.15) is 8.42 Å². The van der Waals surface area contributed by atoms with Crippen molar-refractivity contribution in [1.82, 2.24) is 19.5 Å². The lowest BCUT2D eigenvalue weighted by Gasteiger charge is -2.16. The van der Waals surface area contributed by atoms with E-state index in [9.17, 15) is 18.6 Å². The molecule has 13 heteroatoms. The van der Waals surface area contributed by atoms with Crippen LogP contribution in [-0.4, -0.2) is 63.1 Å². The van der Waals surface area contributed by atoms with Gasteiger partial charge in [0.2, 0.25) is 0 Å². The first-order valence-corrected chi connectivity index (χ1v) is 10.7. The molecule has 0 saturated carbocycles. The average Bonchev–Trinajstić information content (AvgIpc) is 3.26. The Morgan fingerprint density at radius 1 is 1.23 bits per heavy atom. The predicted molar refractivity (Wildman–Crippen MR) is 108 cm³/mol.